The molecular formula is C16H18N4O3. The summed E-state index contributed by atoms with van der Waals surface area (Å²) in [7, 11) is 1.76. The summed E-state index contributed by atoms with van der Waals surface area (Å²) in [6.45, 7) is 1.18. The van der Waals surface area contributed by atoms with Crippen LogP contribution in [0, 0.1) is 0 Å². The van der Waals surface area contributed by atoms with E-state index in [9.17, 15) is 14.7 Å². The minimum atomic E-state index is -0.919. The van der Waals surface area contributed by atoms with E-state index in [1.165, 1.54) is 6.33 Å². The molecule has 1 amide bonds. The average Bonchev–Trinajstić information content (AvgIpc) is 3.04. The van der Waals surface area contributed by atoms with Gasteiger partial charge in [-0.1, -0.05) is 30.3 Å². The maximum atomic E-state index is 12.8. The molecule has 1 fully saturated rings. The SMILES string of the molecule is CN1CCN(C(=O)c2[nH]cnc2-c2ccccc2)C[C@H]1C(=O)O. The fourth-order valence-electron chi connectivity index (χ4n) is 2.76. The number of hydrogen-bond donors (Lipinski definition) is 2. The molecule has 1 aromatic heterocycles. The molecule has 7 heteroatoms. The second-order valence-corrected chi connectivity index (χ2v) is 5.58. The highest BCUT2D eigenvalue weighted by Gasteiger charge is 2.33. The van der Waals surface area contributed by atoms with Crippen LogP contribution in [0.25, 0.3) is 11.3 Å². The predicted octanol–water partition coefficient (Wildman–Crippen LogP) is 0.917. The Morgan fingerprint density at radius 2 is 2.00 bits per heavy atom. The lowest BCUT2D eigenvalue weighted by molar-refractivity contribution is -0.144. The van der Waals surface area contributed by atoms with Crippen LogP contribution in [0.4, 0.5) is 0 Å². The number of piperazine rings is 1. The molecule has 120 valence electrons. The molecule has 1 saturated heterocycles. The molecule has 2 aromatic rings. The van der Waals surface area contributed by atoms with Crippen molar-refractivity contribution < 1.29 is 14.7 Å². The van der Waals surface area contributed by atoms with Crippen LogP contribution in [0.2, 0.25) is 0 Å². The topological polar surface area (TPSA) is 89.5 Å². The quantitative estimate of drug-likeness (QED) is 0.879. The average molecular weight is 314 g/mol. The van der Waals surface area contributed by atoms with Crippen LogP contribution in [0.3, 0.4) is 0 Å². The monoisotopic (exact) mass is 314 g/mol. The minimum Gasteiger partial charge on any atom is -0.480 e. The molecule has 0 radical (unpaired) electrons. The lowest BCUT2D eigenvalue weighted by atomic mass is 10.1. The number of likely N-dealkylation sites (N-methyl/N-ethyl adjacent to an activating group) is 1. The molecule has 1 aliphatic rings. The molecular weight excluding hydrogens is 296 g/mol. The van der Waals surface area contributed by atoms with E-state index in [-0.39, 0.29) is 12.5 Å². The highest BCUT2D eigenvalue weighted by molar-refractivity contribution is 5.98. The van der Waals surface area contributed by atoms with Gasteiger partial charge in [0.15, 0.2) is 0 Å². The molecule has 1 aliphatic heterocycles. The second-order valence-electron chi connectivity index (χ2n) is 5.58. The first kappa shape index (κ1) is 15.2. The number of amides is 1. The molecule has 1 atom stereocenters. The van der Waals surface area contributed by atoms with Gasteiger partial charge in [0.05, 0.1) is 6.33 Å². The van der Waals surface area contributed by atoms with Crippen LogP contribution < -0.4 is 0 Å². The van der Waals surface area contributed by atoms with Crippen LogP contribution in [-0.2, 0) is 4.79 Å². The molecule has 0 aliphatic carbocycles. The van der Waals surface area contributed by atoms with Gasteiger partial charge in [0.1, 0.15) is 17.4 Å². The number of carbonyl (C=O) groups excluding carboxylic acids is 1. The highest BCUT2D eigenvalue weighted by Crippen LogP contribution is 2.22. The van der Waals surface area contributed by atoms with Crippen LogP contribution in [0.5, 0.6) is 0 Å². The highest BCUT2D eigenvalue weighted by atomic mass is 16.4. The molecule has 7 nitrogen and oxygen atoms in total. The Bertz CT molecular complexity index is 713. The lowest BCUT2D eigenvalue weighted by Crippen LogP contribution is -2.56. The van der Waals surface area contributed by atoms with Gasteiger partial charge >= 0.3 is 5.97 Å². The number of nitrogens with zero attached hydrogens (tertiary/aromatic N) is 3. The third-order valence-electron chi connectivity index (χ3n) is 4.12. The number of hydrogen-bond acceptors (Lipinski definition) is 4. The van der Waals surface area contributed by atoms with Gasteiger partial charge in [0.25, 0.3) is 5.91 Å². The fraction of sp³-hybridized carbons (Fsp3) is 0.312. The van der Waals surface area contributed by atoms with Gasteiger partial charge in [0.2, 0.25) is 0 Å². The number of aromatic amines is 1. The molecule has 0 unspecified atom stereocenters. The van der Waals surface area contributed by atoms with Gasteiger partial charge in [-0.15, -0.1) is 0 Å². The first-order chi connectivity index (χ1) is 11.1. The van der Waals surface area contributed by atoms with Crippen molar-refractivity contribution in [2.24, 2.45) is 0 Å². The Labute approximate surface area is 133 Å². The number of H-pyrrole nitrogens is 1. The van der Waals surface area contributed by atoms with Crippen LogP contribution >= 0.6 is 0 Å². The van der Waals surface area contributed by atoms with Gasteiger partial charge in [-0.2, -0.15) is 0 Å². The van der Waals surface area contributed by atoms with Crippen molar-refractivity contribution in [3.8, 4) is 11.3 Å². The third-order valence-corrected chi connectivity index (χ3v) is 4.12. The van der Waals surface area contributed by atoms with Crippen LogP contribution in [0.15, 0.2) is 36.7 Å². The maximum absolute atomic E-state index is 12.8. The summed E-state index contributed by atoms with van der Waals surface area (Å²) >= 11 is 0. The maximum Gasteiger partial charge on any atom is 0.322 e. The normalized spacial score (nSPS) is 18.8. The first-order valence-corrected chi connectivity index (χ1v) is 7.39. The molecule has 0 saturated carbocycles. The van der Waals surface area contributed by atoms with Gasteiger partial charge in [-0.25, -0.2) is 4.98 Å². The molecule has 1 aromatic carbocycles. The Kier molecular flexibility index (Phi) is 4.12. The predicted molar refractivity (Wildman–Crippen MR) is 84.0 cm³/mol. The summed E-state index contributed by atoms with van der Waals surface area (Å²) in [5.41, 5.74) is 1.83. The minimum absolute atomic E-state index is 0.165. The van der Waals surface area contributed by atoms with Crippen LogP contribution in [-0.4, -0.2) is 69.5 Å². The lowest BCUT2D eigenvalue weighted by Gasteiger charge is -2.37. The number of carbonyl (C=O) groups is 2. The number of carboxylic acid groups (broad SMARTS) is 1. The number of imidazole rings is 1. The molecule has 2 heterocycles. The van der Waals surface area contributed by atoms with Crippen molar-refractivity contribution >= 4 is 11.9 Å². The summed E-state index contributed by atoms with van der Waals surface area (Å²) in [6.07, 6.45) is 1.49. The van der Waals surface area contributed by atoms with E-state index >= 15 is 0 Å². The van der Waals surface area contributed by atoms with Crippen molar-refractivity contribution in [2.45, 2.75) is 6.04 Å². The Hall–Kier alpha value is -2.67. The van der Waals surface area contributed by atoms with Gasteiger partial charge in [-0.3, -0.25) is 14.5 Å². The zero-order chi connectivity index (χ0) is 16.4. The summed E-state index contributed by atoms with van der Waals surface area (Å²) in [6, 6.07) is 8.75. The summed E-state index contributed by atoms with van der Waals surface area (Å²) < 4.78 is 0. The fourth-order valence-corrected chi connectivity index (χ4v) is 2.76. The standard InChI is InChI=1S/C16H18N4O3/c1-19-7-8-20(9-12(19)16(22)23)15(21)14-13(17-10-18-14)11-5-3-2-4-6-11/h2-6,10,12H,7-9H2,1H3,(H,17,18)(H,22,23)/t12-/m0/s1. The van der Waals surface area contributed by atoms with Gasteiger partial charge in [-0.05, 0) is 7.05 Å². The van der Waals surface area contributed by atoms with Gasteiger partial charge in [0, 0.05) is 25.2 Å². The second kappa shape index (κ2) is 6.21. The summed E-state index contributed by atoms with van der Waals surface area (Å²) in [5.74, 6) is -1.14. The van der Waals surface area contributed by atoms with Crippen molar-refractivity contribution in [2.75, 3.05) is 26.7 Å². The molecule has 3 rings (SSSR count). The number of benzene rings is 1. The first-order valence-electron chi connectivity index (χ1n) is 7.39. The van der Waals surface area contributed by atoms with E-state index in [0.717, 1.165) is 5.56 Å². The van der Waals surface area contributed by atoms with Crippen molar-refractivity contribution in [3.63, 3.8) is 0 Å². The zero-order valence-corrected chi connectivity index (χ0v) is 12.8. The van der Waals surface area contributed by atoms with E-state index in [4.69, 9.17) is 0 Å². The van der Waals surface area contributed by atoms with Crippen molar-refractivity contribution in [1.82, 2.24) is 19.8 Å². The number of aliphatic carboxylic acids is 1. The Balaban J connectivity index is 1.85. The van der Waals surface area contributed by atoms with E-state index in [1.807, 2.05) is 30.3 Å². The van der Waals surface area contributed by atoms with Crippen molar-refractivity contribution in [3.05, 3.63) is 42.4 Å². The Morgan fingerprint density at radius 1 is 1.26 bits per heavy atom. The van der Waals surface area contributed by atoms with E-state index in [0.29, 0.717) is 24.5 Å². The Morgan fingerprint density at radius 3 is 2.70 bits per heavy atom. The van der Waals surface area contributed by atoms with Crippen molar-refractivity contribution in [1.29, 1.82) is 0 Å². The number of rotatable bonds is 3. The zero-order valence-electron chi connectivity index (χ0n) is 12.8. The molecule has 2 N–H and O–H groups in total. The van der Waals surface area contributed by atoms with Gasteiger partial charge < -0.3 is 15.0 Å². The van der Waals surface area contributed by atoms with Crippen LogP contribution in [0.1, 0.15) is 10.5 Å². The third kappa shape index (κ3) is 2.95. The summed E-state index contributed by atoms with van der Waals surface area (Å²) in [5, 5.41) is 9.27. The molecule has 23 heavy (non-hydrogen) atoms. The number of nitrogens with one attached hydrogen (secondary N) is 1. The molecule has 0 bridgehead atoms. The smallest absolute Gasteiger partial charge is 0.322 e. The largest absolute Gasteiger partial charge is 0.480 e. The number of aromatic nitrogens is 2. The molecule has 0 spiro atoms. The van der Waals surface area contributed by atoms with E-state index < -0.39 is 12.0 Å². The van der Waals surface area contributed by atoms with E-state index in [1.54, 1.807) is 16.8 Å². The number of carboxylic acids is 1. The van der Waals surface area contributed by atoms with E-state index in [2.05, 4.69) is 9.97 Å². The summed E-state index contributed by atoms with van der Waals surface area (Å²) in [4.78, 5) is 34.5.